The number of H-pyrrole nitrogens is 1. The lowest BCUT2D eigenvalue weighted by Gasteiger charge is -2.36. The van der Waals surface area contributed by atoms with Gasteiger partial charge >= 0.3 is 0 Å². The zero-order chi connectivity index (χ0) is 23.8. The number of unbranched alkanes of at least 4 members (excludes halogenated alkanes) is 4. The highest BCUT2D eigenvalue weighted by Crippen LogP contribution is 2.54. The largest absolute Gasteiger partial charge is 0.497 e. The van der Waals surface area contributed by atoms with Gasteiger partial charge in [-0.1, -0.05) is 64.2 Å². The third-order valence-corrected chi connectivity index (χ3v) is 7.97. The van der Waals surface area contributed by atoms with Gasteiger partial charge in [0.2, 0.25) is 11.8 Å². The molecule has 4 atom stereocenters. The Labute approximate surface area is 201 Å². The summed E-state index contributed by atoms with van der Waals surface area (Å²) in [7, 11) is 1.61. The summed E-state index contributed by atoms with van der Waals surface area (Å²) >= 11 is 0. The predicted octanol–water partition coefficient (Wildman–Crippen LogP) is 6.54. The summed E-state index contributed by atoms with van der Waals surface area (Å²) in [6.07, 6.45) is 6.95. The molecule has 3 aromatic rings. The molecule has 0 spiro atoms. The maximum atomic E-state index is 13.9. The fourth-order valence-electron chi connectivity index (χ4n) is 6.27. The number of aromatic amines is 1. The van der Waals surface area contributed by atoms with Crippen molar-refractivity contribution in [2.45, 2.75) is 64.2 Å². The number of rotatable bonds is 8. The van der Waals surface area contributed by atoms with Crippen molar-refractivity contribution >= 4 is 28.4 Å². The van der Waals surface area contributed by atoms with Crippen molar-refractivity contribution in [3.05, 3.63) is 59.8 Å². The number of amides is 2. The molecule has 5 heteroatoms. The molecule has 0 bridgehead atoms. The summed E-state index contributed by atoms with van der Waals surface area (Å²) < 4.78 is 5.27. The van der Waals surface area contributed by atoms with Gasteiger partial charge in [-0.3, -0.25) is 9.59 Å². The Kier molecular flexibility index (Phi) is 6.20. The van der Waals surface area contributed by atoms with Gasteiger partial charge in [-0.25, -0.2) is 4.90 Å². The third kappa shape index (κ3) is 3.62. The minimum atomic E-state index is -0.450. The predicted molar refractivity (Wildman–Crippen MR) is 135 cm³/mol. The zero-order valence-electron chi connectivity index (χ0n) is 20.3. The van der Waals surface area contributed by atoms with Crippen molar-refractivity contribution < 1.29 is 14.3 Å². The van der Waals surface area contributed by atoms with E-state index in [-0.39, 0.29) is 29.6 Å². The summed E-state index contributed by atoms with van der Waals surface area (Å²) in [5.74, 6) is 0.122. The van der Waals surface area contributed by atoms with Gasteiger partial charge in [0.05, 0.1) is 24.6 Å². The van der Waals surface area contributed by atoms with E-state index in [4.69, 9.17) is 4.74 Å². The fraction of sp³-hybridized carbons (Fsp3) is 0.448. The molecule has 2 aliphatic rings. The lowest BCUT2D eigenvalue weighted by atomic mass is 9.65. The van der Waals surface area contributed by atoms with Gasteiger partial charge in [-0.05, 0) is 54.2 Å². The smallest absolute Gasteiger partial charge is 0.243 e. The van der Waals surface area contributed by atoms with Gasteiger partial charge in [0.25, 0.3) is 0 Å². The van der Waals surface area contributed by atoms with Gasteiger partial charge in [0.1, 0.15) is 5.75 Å². The molecule has 2 heterocycles. The molecule has 178 valence electrons. The molecule has 1 fully saturated rings. The molecule has 2 aromatic carbocycles. The number of aromatic nitrogens is 1. The summed E-state index contributed by atoms with van der Waals surface area (Å²) in [6, 6.07) is 15.5. The number of fused-ring (bicyclic) bond motifs is 5. The van der Waals surface area contributed by atoms with Gasteiger partial charge in [-0.2, -0.15) is 0 Å². The molecule has 5 nitrogen and oxygen atoms in total. The molecule has 1 aromatic heterocycles. The monoisotopic (exact) mass is 458 g/mol. The zero-order valence-corrected chi connectivity index (χ0v) is 20.3. The van der Waals surface area contributed by atoms with Crippen LogP contribution >= 0.6 is 0 Å². The Bertz CT molecular complexity index is 1200. The van der Waals surface area contributed by atoms with Crippen molar-refractivity contribution in [1.29, 1.82) is 0 Å². The molecule has 0 saturated carbocycles. The molecule has 1 aliphatic carbocycles. The third-order valence-electron chi connectivity index (χ3n) is 7.97. The quantitative estimate of drug-likeness (QED) is 0.308. The summed E-state index contributed by atoms with van der Waals surface area (Å²) in [5, 5.41) is 1.18. The van der Waals surface area contributed by atoms with Crippen molar-refractivity contribution in [1.82, 2.24) is 4.98 Å². The Morgan fingerprint density at radius 3 is 2.41 bits per heavy atom. The number of nitrogens with zero attached hydrogens (tertiary/aromatic N) is 1. The minimum absolute atomic E-state index is 0.0603. The summed E-state index contributed by atoms with van der Waals surface area (Å²) in [6.45, 7) is 4.47. The highest BCUT2D eigenvalue weighted by atomic mass is 16.5. The van der Waals surface area contributed by atoms with Crippen molar-refractivity contribution in [2.75, 3.05) is 12.0 Å². The number of carbonyl (C=O) groups excluding carboxylic acids is 2. The summed E-state index contributed by atoms with van der Waals surface area (Å²) in [5.41, 5.74) is 3.84. The van der Waals surface area contributed by atoms with Crippen LogP contribution in [0.1, 0.15) is 75.5 Å². The van der Waals surface area contributed by atoms with Gasteiger partial charge in [0.15, 0.2) is 0 Å². The molecular formula is C29H34N2O3. The van der Waals surface area contributed by atoms with Crippen LogP contribution < -0.4 is 9.64 Å². The minimum Gasteiger partial charge on any atom is -0.497 e. The first-order chi connectivity index (χ1) is 16.6. The van der Waals surface area contributed by atoms with Crippen molar-refractivity contribution in [3.63, 3.8) is 0 Å². The number of anilines is 1. The molecule has 2 amide bonds. The van der Waals surface area contributed by atoms with Crippen LogP contribution in [0.15, 0.2) is 48.5 Å². The van der Waals surface area contributed by atoms with Crippen LogP contribution in [0.3, 0.4) is 0 Å². The molecule has 1 saturated heterocycles. The first-order valence-electron chi connectivity index (χ1n) is 12.7. The highest BCUT2D eigenvalue weighted by Gasteiger charge is 2.57. The van der Waals surface area contributed by atoms with Gasteiger partial charge in [-0.15, -0.1) is 0 Å². The SMILES string of the molecule is CCCCCCCC1C(C)c2c([nH]c3ccccc23)C2C(=O)N(c3ccc(OC)cc3)C(=O)C21. The van der Waals surface area contributed by atoms with Gasteiger partial charge < -0.3 is 9.72 Å². The second-order valence-electron chi connectivity index (χ2n) is 9.87. The average molecular weight is 459 g/mol. The molecular weight excluding hydrogens is 424 g/mol. The maximum Gasteiger partial charge on any atom is 0.243 e. The number of para-hydroxylation sites is 1. The molecule has 0 radical (unpaired) electrons. The van der Waals surface area contributed by atoms with Crippen LogP contribution in [0.5, 0.6) is 5.75 Å². The van der Waals surface area contributed by atoms with Crippen LogP contribution in [0.25, 0.3) is 10.9 Å². The standard InChI is InChI=1S/C29H34N2O3/c1-4-5-6-7-8-11-21-18(2)24-22-12-9-10-13-23(22)30-27(24)26-25(21)28(32)31(29(26)33)19-14-16-20(34-3)17-15-19/h9-10,12-18,21,25-26,30H,4-8,11H2,1-3H3. The van der Waals surface area contributed by atoms with Crippen LogP contribution in [0.2, 0.25) is 0 Å². The number of methoxy groups -OCH3 is 1. The van der Waals surface area contributed by atoms with Crippen LogP contribution in [0, 0.1) is 11.8 Å². The van der Waals surface area contributed by atoms with Crippen molar-refractivity contribution in [2.24, 2.45) is 11.8 Å². The number of hydrogen-bond acceptors (Lipinski definition) is 3. The Balaban J connectivity index is 1.55. The van der Waals surface area contributed by atoms with E-state index in [1.165, 1.54) is 41.5 Å². The Morgan fingerprint density at radius 2 is 1.68 bits per heavy atom. The number of nitrogens with one attached hydrogen (secondary N) is 1. The van der Waals surface area contributed by atoms with Crippen molar-refractivity contribution in [3.8, 4) is 5.75 Å². The van der Waals surface area contributed by atoms with E-state index in [2.05, 4.69) is 37.0 Å². The lowest BCUT2D eigenvalue weighted by Crippen LogP contribution is -2.35. The Hall–Kier alpha value is -3.08. The molecule has 4 unspecified atom stereocenters. The molecule has 1 aliphatic heterocycles. The van der Waals surface area contributed by atoms with E-state index in [1.54, 1.807) is 31.4 Å². The van der Waals surface area contributed by atoms with E-state index in [0.29, 0.717) is 11.4 Å². The number of ether oxygens (including phenoxy) is 1. The maximum absolute atomic E-state index is 13.9. The lowest BCUT2D eigenvalue weighted by molar-refractivity contribution is -0.123. The molecule has 5 rings (SSSR count). The second kappa shape index (κ2) is 9.28. The first-order valence-corrected chi connectivity index (χ1v) is 12.7. The normalized spacial score (nSPS) is 23.9. The first kappa shape index (κ1) is 22.7. The number of benzene rings is 2. The highest BCUT2D eigenvalue weighted by molar-refractivity contribution is 6.24. The number of imide groups is 1. The van der Waals surface area contributed by atoms with Crippen LogP contribution in [-0.4, -0.2) is 23.9 Å². The fourth-order valence-corrected chi connectivity index (χ4v) is 6.27. The second-order valence-corrected chi connectivity index (χ2v) is 9.87. The van der Waals surface area contributed by atoms with E-state index in [1.807, 2.05) is 6.07 Å². The van der Waals surface area contributed by atoms with Crippen LogP contribution in [0.4, 0.5) is 5.69 Å². The van der Waals surface area contributed by atoms with E-state index in [0.717, 1.165) is 24.1 Å². The van der Waals surface area contributed by atoms with E-state index in [9.17, 15) is 9.59 Å². The molecule has 34 heavy (non-hydrogen) atoms. The molecule has 1 N–H and O–H groups in total. The average Bonchev–Trinajstić information content (AvgIpc) is 3.36. The van der Waals surface area contributed by atoms with E-state index >= 15 is 0 Å². The topological polar surface area (TPSA) is 62.4 Å². The number of carbonyl (C=O) groups is 2. The summed E-state index contributed by atoms with van der Waals surface area (Å²) in [4.78, 5) is 32.7. The Morgan fingerprint density at radius 1 is 0.941 bits per heavy atom. The van der Waals surface area contributed by atoms with Crippen LogP contribution in [-0.2, 0) is 9.59 Å². The van der Waals surface area contributed by atoms with E-state index < -0.39 is 5.92 Å². The number of hydrogen-bond donors (Lipinski definition) is 1. The van der Waals surface area contributed by atoms with Gasteiger partial charge in [0, 0.05) is 16.6 Å².